The van der Waals surface area contributed by atoms with Crippen LogP contribution in [0, 0.1) is 5.92 Å². The normalized spacial score (nSPS) is 40.2. The van der Waals surface area contributed by atoms with Crippen LogP contribution in [0.15, 0.2) is 0 Å². The van der Waals surface area contributed by atoms with Crippen molar-refractivity contribution in [2.75, 3.05) is 7.05 Å². The van der Waals surface area contributed by atoms with Crippen molar-refractivity contribution >= 4 is 5.97 Å². The first-order valence-corrected chi connectivity index (χ1v) is 5.15. The standard InChI is InChI=1S/C10H17NO2/c1-11-8-5-3-2-4-7(8)6-9(11)10(12)13/h7-9H,2-6H2,1H3,(H,12,13)/t7-,8+,9-/m1/s1. The van der Waals surface area contributed by atoms with Crippen LogP contribution >= 0.6 is 0 Å². The fourth-order valence-corrected chi connectivity index (χ4v) is 2.96. The van der Waals surface area contributed by atoms with Gasteiger partial charge in [-0.1, -0.05) is 12.8 Å². The monoisotopic (exact) mass is 183 g/mol. The second-order valence-corrected chi connectivity index (χ2v) is 4.37. The summed E-state index contributed by atoms with van der Waals surface area (Å²) in [6.07, 6.45) is 5.87. The van der Waals surface area contributed by atoms with Crippen LogP contribution < -0.4 is 0 Å². The van der Waals surface area contributed by atoms with E-state index < -0.39 is 5.97 Å². The van der Waals surface area contributed by atoms with Crippen molar-refractivity contribution in [2.24, 2.45) is 5.92 Å². The zero-order chi connectivity index (χ0) is 9.42. The quantitative estimate of drug-likeness (QED) is 0.666. The highest BCUT2D eigenvalue weighted by atomic mass is 16.4. The van der Waals surface area contributed by atoms with Gasteiger partial charge in [0.2, 0.25) is 0 Å². The van der Waals surface area contributed by atoms with Crippen LogP contribution in [0.4, 0.5) is 0 Å². The number of hydrogen-bond acceptors (Lipinski definition) is 2. The summed E-state index contributed by atoms with van der Waals surface area (Å²) >= 11 is 0. The van der Waals surface area contributed by atoms with Crippen molar-refractivity contribution in [1.29, 1.82) is 0 Å². The number of rotatable bonds is 1. The molecule has 1 aliphatic heterocycles. The molecule has 1 heterocycles. The lowest BCUT2D eigenvalue weighted by Gasteiger charge is -2.29. The third-order valence-electron chi connectivity index (χ3n) is 3.69. The predicted molar refractivity (Wildman–Crippen MR) is 49.5 cm³/mol. The maximum atomic E-state index is 10.9. The van der Waals surface area contributed by atoms with E-state index in [1.807, 2.05) is 7.05 Å². The molecule has 0 amide bonds. The maximum Gasteiger partial charge on any atom is 0.320 e. The molecule has 1 saturated carbocycles. The Morgan fingerprint density at radius 3 is 2.69 bits per heavy atom. The van der Waals surface area contributed by atoms with E-state index in [0.717, 1.165) is 6.42 Å². The Kier molecular flexibility index (Phi) is 2.28. The molecule has 0 unspecified atom stereocenters. The molecule has 3 atom stereocenters. The molecule has 0 spiro atoms. The molecule has 13 heavy (non-hydrogen) atoms. The fourth-order valence-electron chi connectivity index (χ4n) is 2.96. The smallest absolute Gasteiger partial charge is 0.320 e. The van der Waals surface area contributed by atoms with Crippen molar-refractivity contribution < 1.29 is 9.90 Å². The number of likely N-dealkylation sites (tertiary alicyclic amines) is 1. The van der Waals surface area contributed by atoms with Gasteiger partial charge < -0.3 is 5.11 Å². The Hall–Kier alpha value is -0.570. The first-order valence-electron chi connectivity index (χ1n) is 5.15. The first-order chi connectivity index (χ1) is 6.20. The molecule has 1 N–H and O–H groups in total. The number of fused-ring (bicyclic) bond motifs is 1. The Morgan fingerprint density at radius 1 is 1.38 bits per heavy atom. The Balaban J connectivity index is 2.09. The van der Waals surface area contributed by atoms with E-state index in [1.54, 1.807) is 0 Å². The van der Waals surface area contributed by atoms with E-state index in [1.165, 1.54) is 25.7 Å². The summed E-state index contributed by atoms with van der Waals surface area (Å²) < 4.78 is 0. The largest absolute Gasteiger partial charge is 0.480 e. The van der Waals surface area contributed by atoms with Crippen LogP contribution in [-0.4, -0.2) is 35.1 Å². The lowest BCUT2D eigenvalue weighted by molar-refractivity contribution is -0.142. The highest BCUT2D eigenvalue weighted by Crippen LogP contribution is 2.38. The summed E-state index contributed by atoms with van der Waals surface area (Å²) in [6.45, 7) is 0. The second kappa shape index (κ2) is 3.29. The SMILES string of the molecule is CN1[C@@H](C(=O)O)C[C@H]2CCCC[C@@H]21. The number of nitrogens with zero attached hydrogens (tertiary/aromatic N) is 1. The molecule has 0 aromatic rings. The molecule has 0 aromatic heterocycles. The molecule has 2 aliphatic rings. The molecule has 2 fully saturated rings. The first kappa shape index (κ1) is 9.00. The molecule has 1 aliphatic carbocycles. The summed E-state index contributed by atoms with van der Waals surface area (Å²) in [4.78, 5) is 13.0. The van der Waals surface area contributed by atoms with Gasteiger partial charge in [-0.2, -0.15) is 0 Å². The van der Waals surface area contributed by atoms with E-state index in [2.05, 4.69) is 4.90 Å². The van der Waals surface area contributed by atoms with Crippen molar-refractivity contribution in [3.8, 4) is 0 Å². The summed E-state index contributed by atoms with van der Waals surface area (Å²) in [5.74, 6) is 0.0109. The average Bonchev–Trinajstić information content (AvgIpc) is 2.45. The lowest BCUT2D eigenvalue weighted by atomic mass is 9.85. The second-order valence-electron chi connectivity index (χ2n) is 4.37. The molecule has 0 bridgehead atoms. The minimum atomic E-state index is -0.642. The average molecular weight is 183 g/mol. The number of likely N-dealkylation sites (N-methyl/N-ethyl adjacent to an activating group) is 1. The molecular formula is C10H17NO2. The fraction of sp³-hybridized carbons (Fsp3) is 0.900. The molecule has 74 valence electrons. The van der Waals surface area contributed by atoms with Crippen molar-refractivity contribution in [3.05, 3.63) is 0 Å². The summed E-state index contributed by atoms with van der Waals surface area (Å²) in [6, 6.07) is 0.336. The van der Waals surface area contributed by atoms with Crippen LogP contribution in [0.25, 0.3) is 0 Å². The third kappa shape index (κ3) is 1.46. The summed E-state index contributed by atoms with van der Waals surface area (Å²) in [7, 11) is 1.97. The number of carbonyl (C=O) groups is 1. The van der Waals surface area contributed by atoms with Gasteiger partial charge in [-0.3, -0.25) is 9.69 Å². The van der Waals surface area contributed by atoms with Gasteiger partial charge in [-0.25, -0.2) is 0 Å². The van der Waals surface area contributed by atoms with E-state index in [9.17, 15) is 4.79 Å². The van der Waals surface area contributed by atoms with E-state index in [-0.39, 0.29) is 6.04 Å². The van der Waals surface area contributed by atoms with Gasteiger partial charge in [-0.15, -0.1) is 0 Å². The Morgan fingerprint density at radius 2 is 2.08 bits per heavy atom. The summed E-state index contributed by atoms with van der Waals surface area (Å²) in [5.41, 5.74) is 0. The van der Waals surface area contributed by atoms with Gasteiger partial charge in [0.15, 0.2) is 0 Å². The van der Waals surface area contributed by atoms with Gasteiger partial charge in [0.1, 0.15) is 6.04 Å². The number of carboxylic acids is 1. The topological polar surface area (TPSA) is 40.5 Å². The number of aliphatic carboxylic acids is 1. The van der Waals surface area contributed by atoms with Gasteiger partial charge >= 0.3 is 5.97 Å². The zero-order valence-electron chi connectivity index (χ0n) is 8.07. The highest BCUT2D eigenvalue weighted by molar-refractivity contribution is 5.74. The van der Waals surface area contributed by atoms with Crippen LogP contribution in [-0.2, 0) is 4.79 Å². The molecule has 3 nitrogen and oxygen atoms in total. The lowest BCUT2D eigenvalue weighted by Crippen LogP contribution is -2.38. The Labute approximate surface area is 78.7 Å². The third-order valence-corrected chi connectivity index (χ3v) is 3.69. The van der Waals surface area contributed by atoms with Gasteiger partial charge in [-0.05, 0) is 32.2 Å². The molecule has 2 rings (SSSR count). The van der Waals surface area contributed by atoms with Crippen molar-refractivity contribution in [1.82, 2.24) is 4.90 Å². The minimum Gasteiger partial charge on any atom is -0.480 e. The highest BCUT2D eigenvalue weighted by Gasteiger charge is 2.42. The molecule has 3 heteroatoms. The van der Waals surface area contributed by atoms with E-state index in [4.69, 9.17) is 5.11 Å². The predicted octanol–water partition coefficient (Wildman–Crippen LogP) is 1.33. The van der Waals surface area contributed by atoms with Gasteiger partial charge in [0, 0.05) is 6.04 Å². The molecule has 0 aromatic carbocycles. The molecule has 0 radical (unpaired) electrons. The van der Waals surface area contributed by atoms with E-state index >= 15 is 0 Å². The van der Waals surface area contributed by atoms with Crippen LogP contribution in [0.2, 0.25) is 0 Å². The van der Waals surface area contributed by atoms with Crippen LogP contribution in [0.5, 0.6) is 0 Å². The van der Waals surface area contributed by atoms with Crippen molar-refractivity contribution in [2.45, 2.75) is 44.2 Å². The van der Waals surface area contributed by atoms with Gasteiger partial charge in [0.05, 0.1) is 0 Å². The van der Waals surface area contributed by atoms with E-state index in [0.29, 0.717) is 12.0 Å². The Bertz CT molecular complexity index is 217. The number of hydrogen-bond donors (Lipinski definition) is 1. The van der Waals surface area contributed by atoms with Crippen LogP contribution in [0.3, 0.4) is 0 Å². The minimum absolute atomic E-state index is 0.215. The van der Waals surface area contributed by atoms with Crippen LogP contribution in [0.1, 0.15) is 32.1 Å². The molecular weight excluding hydrogens is 166 g/mol. The summed E-state index contributed by atoms with van der Waals surface area (Å²) in [5, 5.41) is 8.99. The number of carboxylic acid groups (broad SMARTS) is 1. The van der Waals surface area contributed by atoms with Crippen molar-refractivity contribution in [3.63, 3.8) is 0 Å². The van der Waals surface area contributed by atoms with Gasteiger partial charge in [0.25, 0.3) is 0 Å². The molecule has 1 saturated heterocycles. The zero-order valence-corrected chi connectivity index (χ0v) is 8.07. The maximum absolute atomic E-state index is 10.9.